The summed E-state index contributed by atoms with van der Waals surface area (Å²) in [5, 5.41) is 3.45. The Morgan fingerprint density at radius 1 is 1.06 bits per heavy atom. The van der Waals surface area contributed by atoms with Gasteiger partial charge in [-0.25, -0.2) is 8.42 Å². The molecule has 0 spiro atoms. The van der Waals surface area contributed by atoms with Crippen LogP contribution in [0.25, 0.3) is 0 Å². The molecule has 0 aliphatic carbocycles. The average molecular weight is 499 g/mol. The van der Waals surface area contributed by atoms with Crippen LogP contribution in [0.4, 0.5) is 5.69 Å². The molecule has 1 N–H and O–H groups in total. The van der Waals surface area contributed by atoms with Gasteiger partial charge in [0.15, 0.2) is 6.10 Å². The number of fused-ring (bicyclic) bond motifs is 1. The highest BCUT2D eigenvalue weighted by atomic mass is 35.5. The second-order valence-electron chi connectivity index (χ2n) is 9.23. The summed E-state index contributed by atoms with van der Waals surface area (Å²) in [5.41, 5.74) is 2.08. The van der Waals surface area contributed by atoms with Gasteiger partial charge in [0.1, 0.15) is 5.75 Å². The third-order valence-corrected chi connectivity index (χ3v) is 7.74. The highest BCUT2D eigenvalue weighted by Crippen LogP contribution is 2.40. The van der Waals surface area contributed by atoms with Gasteiger partial charge < -0.3 is 10.1 Å². The van der Waals surface area contributed by atoms with E-state index in [1.54, 1.807) is 48.5 Å². The summed E-state index contributed by atoms with van der Waals surface area (Å²) in [7, 11) is -3.92. The smallest absolute Gasteiger partial charge is 0.264 e. The zero-order chi connectivity index (χ0) is 24.5. The van der Waals surface area contributed by atoms with Crippen molar-refractivity contribution in [2.75, 3.05) is 10.8 Å². The molecule has 3 aromatic carbocycles. The van der Waals surface area contributed by atoms with E-state index in [1.165, 1.54) is 4.31 Å². The zero-order valence-electron chi connectivity index (χ0n) is 19.3. The van der Waals surface area contributed by atoms with Crippen LogP contribution in [0.3, 0.4) is 0 Å². The van der Waals surface area contributed by atoms with E-state index < -0.39 is 22.0 Å². The van der Waals surface area contributed by atoms with Gasteiger partial charge in [0, 0.05) is 11.6 Å². The molecule has 178 valence electrons. The maximum atomic E-state index is 13.6. The van der Waals surface area contributed by atoms with Crippen LogP contribution in [0.1, 0.15) is 31.9 Å². The minimum Gasteiger partial charge on any atom is -0.476 e. The van der Waals surface area contributed by atoms with E-state index in [9.17, 15) is 13.2 Å². The molecular weight excluding hydrogens is 472 g/mol. The first kappa shape index (κ1) is 24.1. The van der Waals surface area contributed by atoms with Gasteiger partial charge in [-0.3, -0.25) is 9.10 Å². The first-order valence-corrected chi connectivity index (χ1v) is 12.8. The van der Waals surface area contributed by atoms with Gasteiger partial charge in [-0.2, -0.15) is 0 Å². The molecule has 1 unspecified atom stereocenters. The van der Waals surface area contributed by atoms with Crippen molar-refractivity contribution in [3.05, 3.63) is 88.9 Å². The molecule has 0 aromatic heterocycles. The molecule has 1 amide bonds. The lowest BCUT2D eigenvalue weighted by Gasteiger charge is -2.36. The normalized spacial score (nSPS) is 15.9. The van der Waals surface area contributed by atoms with E-state index in [0.717, 1.165) is 11.1 Å². The van der Waals surface area contributed by atoms with Gasteiger partial charge >= 0.3 is 0 Å². The number of nitrogens with zero attached hydrogens (tertiary/aromatic N) is 1. The lowest BCUT2D eigenvalue weighted by molar-refractivity contribution is -0.127. The quantitative estimate of drug-likeness (QED) is 0.542. The van der Waals surface area contributed by atoms with E-state index in [0.29, 0.717) is 16.5 Å². The van der Waals surface area contributed by atoms with E-state index >= 15 is 0 Å². The second-order valence-corrected chi connectivity index (χ2v) is 11.5. The maximum absolute atomic E-state index is 13.6. The van der Waals surface area contributed by atoms with Gasteiger partial charge in [0.25, 0.3) is 15.9 Å². The van der Waals surface area contributed by atoms with E-state index in [2.05, 4.69) is 26.1 Å². The summed E-state index contributed by atoms with van der Waals surface area (Å²) in [6, 6.07) is 20.8. The summed E-state index contributed by atoms with van der Waals surface area (Å²) < 4.78 is 34.5. The Morgan fingerprint density at radius 2 is 1.74 bits per heavy atom. The van der Waals surface area contributed by atoms with Gasteiger partial charge in [-0.05, 0) is 52.9 Å². The lowest BCUT2D eigenvalue weighted by Crippen LogP contribution is -2.50. The Hall–Kier alpha value is -3.03. The number of benzene rings is 3. The van der Waals surface area contributed by atoms with Crippen LogP contribution in [0.5, 0.6) is 5.75 Å². The van der Waals surface area contributed by atoms with Gasteiger partial charge in [-0.15, -0.1) is 0 Å². The van der Waals surface area contributed by atoms with Crippen LogP contribution in [0.15, 0.2) is 77.7 Å². The van der Waals surface area contributed by atoms with Crippen LogP contribution in [-0.2, 0) is 26.8 Å². The number of sulfonamides is 1. The average Bonchev–Trinajstić information content (AvgIpc) is 2.82. The molecule has 1 aliphatic rings. The van der Waals surface area contributed by atoms with Crippen molar-refractivity contribution >= 4 is 33.2 Å². The topological polar surface area (TPSA) is 75.7 Å². The first-order valence-electron chi connectivity index (χ1n) is 11.0. The molecule has 0 bridgehead atoms. The standard InChI is InChI=1S/C26H27ClN2O4S/c1-26(2,3)19-11-14-23-22(15-19)29(34(31,32)21-7-5-4-6-8-21)17-24(33-23)25(30)28-16-18-9-12-20(27)13-10-18/h4-15,24H,16-17H2,1-3H3,(H,28,30). The molecule has 0 fully saturated rings. The highest BCUT2D eigenvalue weighted by Gasteiger charge is 2.38. The van der Waals surface area contributed by atoms with E-state index in [4.69, 9.17) is 16.3 Å². The van der Waals surface area contributed by atoms with Crippen LogP contribution >= 0.6 is 11.6 Å². The van der Waals surface area contributed by atoms with Crippen molar-refractivity contribution in [1.82, 2.24) is 5.32 Å². The fourth-order valence-corrected chi connectivity index (χ4v) is 5.32. The highest BCUT2D eigenvalue weighted by molar-refractivity contribution is 7.92. The van der Waals surface area contributed by atoms with Crippen molar-refractivity contribution in [3.8, 4) is 5.75 Å². The summed E-state index contributed by atoms with van der Waals surface area (Å²) in [6.07, 6.45) is -1.00. The molecule has 0 saturated heterocycles. The van der Waals surface area contributed by atoms with Gasteiger partial charge in [0.2, 0.25) is 0 Å². The SMILES string of the molecule is CC(C)(C)c1ccc2c(c1)N(S(=O)(=O)c1ccccc1)CC(C(=O)NCc1ccc(Cl)cc1)O2. The molecule has 0 saturated carbocycles. The van der Waals surface area contributed by atoms with E-state index in [-0.39, 0.29) is 23.4 Å². The molecule has 1 atom stereocenters. The number of amides is 1. The minimum atomic E-state index is -3.92. The predicted octanol–water partition coefficient (Wildman–Crippen LogP) is 4.91. The number of rotatable bonds is 5. The van der Waals surface area contributed by atoms with Crippen molar-refractivity contribution in [3.63, 3.8) is 0 Å². The molecule has 4 rings (SSSR count). The molecular formula is C26H27ClN2O4S. The summed E-state index contributed by atoms with van der Waals surface area (Å²) in [6.45, 7) is 6.31. The Balaban J connectivity index is 1.66. The molecule has 34 heavy (non-hydrogen) atoms. The fraction of sp³-hybridized carbons (Fsp3) is 0.269. The monoisotopic (exact) mass is 498 g/mol. The largest absolute Gasteiger partial charge is 0.476 e. The number of hydrogen-bond donors (Lipinski definition) is 1. The summed E-state index contributed by atoms with van der Waals surface area (Å²) in [4.78, 5) is 13.2. The number of ether oxygens (including phenoxy) is 1. The van der Waals surface area contributed by atoms with Crippen LogP contribution in [-0.4, -0.2) is 27.0 Å². The minimum absolute atomic E-state index is 0.135. The number of anilines is 1. The van der Waals surface area contributed by atoms with Gasteiger partial charge in [0.05, 0.1) is 17.1 Å². The van der Waals surface area contributed by atoms with Crippen LogP contribution in [0.2, 0.25) is 5.02 Å². The zero-order valence-corrected chi connectivity index (χ0v) is 20.9. The van der Waals surface area contributed by atoms with Crippen molar-refractivity contribution in [2.45, 2.75) is 43.7 Å². The molecule has 1 aliphatic heterocycles. The Labute approximate surface area is 205 Å². The van der Waals surface area contributed by atoms with Crippen LogP contribution < -0.4 is 14.4 Å². The van der Waals surface area contributed by atoms with E-state index in [1.807, 2.05) is 24.3 Å². The number of halogens is 1. The third-order valence-electron chi connectivity index (χ3n) is 5.70. The van der Waals surface area contributed by atoms with Crippen molar-refractivity contribution < 1.29 is 17.9 Å². The predicted molar refractivity (Wildman–Crippen MR) is 134 cm³/mol. The molecule has 8 heteroatoms. The Kier molecular flexibility index (Phi) is 6.60. The van der Waals surface area contributed by atoms with Gasteiger partial charge in [-0.1, -0.05) is 68.8 Å². The fourth-order valence-electron chi connectivity index (χ4n) is 3.71. The first-order chi connectivity index (χ1) is 16.1. The number of nitrogens with one attached hydrogen (secondary N) is 1. The number of carbonyl (C=O) groups excluding carboxylic acids is 1. The van der Waals surface area contributed by atoms with Crippen molar-refractivity contribution in [2.24, 2.45) is 0 Å². The van der Waals surface area contributed by atoms with Crippen molar-refractivity contribution in [1.29, 1.82) is 0 Å². The second kappa shape index (κ2) is 9.31. The Bertz CT molecular complexity index is 1290. The maximum Gasteiger partial charge on any atom is 0.264 e. The lowest BCUT2D eigenvalue weighted by atomic mass is 9.86. The van der Waals surface area contributed by atoms with Crippen LogP contribution in [0, 0.1) is 0 Å². The molecule has 3 aromatic rings. The number of carbonyl (C=O) groups is 1. The molecule has 1 heterocycles. The number of hydrogen-bond acceptors (Lipinski definition) is 4. The summed E-state index contributed by atoms with van der Waals surface area (Å²) >= 11 is 5.92. The molecule has 6 nitrogen and oxygen atoms in total. The molecule has 0 radical (unpaired) electrons. The summed E-state index contributed by atoms with van der Waals surface area (Å²) in [5.74, 6) is -0.0424. The Morgan fingerprint density at radius 3 is 2.38 bits per heavy atom. The third kappa shape index (κ3) is 5.05.